The number of aromatic amines is 1. The van der Waals surface area contributed by atoms with Gasteiger partial charge in [-0.05, 0) is 58.1 Å². The topological polar surface area (TPSA) is 136 Å². The average molecular weight is 570 g/mol. The molecule has 1 saturated carbocycles. The molecular formula is C27H33ClFN9O2. The Hall–Kier alpha value is -3.90. The highest BCUT2D eigenvalue weighted by atomic mass is 35.5. The van der Waals surface area contributed by atoms with Crippen molar-refractivity contribution in [3.05, 3.63) is 71.4 Å². The Kier molecular flexibility index (Phi) is 8.79. The van der Waals surface area contributed by atoms with Crippen LogP contribution in [0.4, 0.5) is 16.0 Å². The summed E-state index contributed by atoms with van der Waals surface area (Å²) in [7, 11) is 1.58. The van der Waals surface area contributed by atoms with E-state index in [9.17, 15) is 9.18 Å². The second kappa shape index (κ2) is 12.1. The van der Waals surface area contributed by atoms with Crippen molar-refractivity contribution in [3.63, 3.8) is 0 Å². The molecule has 40 heavy (non-hydrogen) atoms. The summed E-state index contributed by atoms with van der Waals surface area (Å²) in [5, 5.41) is 17.4. The molecule has 1 aliphatic carbocycles. The van der Waals surface area contributed by atoms with E-state index in [2.05, 4.69) is 35.9 Å². The van der Waals surface area contributed by atoms with Gasteiger partial charge in [-0.15, -0.1) is 12.4 Å². The van der Waals surface area contributed by atoms with Gasteiger partial charge in [-0.3, -0.25) is 9.89 Å². The lowest BCUT2D eigenvalue weighted by molar-refractivity contribution is -0.148. The van der Waals surface area contributed by atoms with Crippen molar-refractivity contribution in [2.24, 2.45) is 0 Å². The summed E-state index contributed by atoms with van der Waals surface area (Å²) in [6.45, 7) is 5.78. The van der Waals surface area contributed by atoms with Crippen LogP contribution >= 0.6 is 12.4 Å². The highest BCUT2D eigenvalue weighted by Crippen LogP contribution is 2.39. The number of anilines is 2. The van der Waals surface area contributed by atoms with E-state index in [0.717, 1.165) is 41.8 Å². The third-order valence-corrected chi connectivity index (χ3v) is 7.20. The Morgan fingerprint density at radius 3 is 2.55 bits per heavy atom. The Morgan fingerprint density at radius 1 is 1.18 bits per heavy atom. The Balaban J connectivity index is 0.00000370. The normalized spacial score (nSPS) is 19.5. The van der Waals surface area contributed by atoms with E-state index >= 15 is 0 Å². The molecule has 4 aromatic heterocycles. The van der Waals surface area contributed by atoms with Crippen LogP contribution in [0.3, 0.4) is 0 Å². The lowest BCUT2D eigenvalue weighted by Crippen LogP contribution is -2.50. The molecule has 5 rings (SSSR count). The summed E-state index contributed by atoms with van der Waals surface area (Å²) in [5.74, 6) is 2.16. The minimum absolute atomic E-state index is 0. The number of ether oxygens (including phenoxy) is 1. The molecule has 0 bridgehead atoms. The van der Waals surface area contributed by atoms with E-state index in [4.69, 9.17) is 9.72 Å². The number of aromatic nitrogens is 7. The molecule has 1 atom stereocenters. The number of hydrogen-bond acceptors (Lipinski definition) is 8. The molecule has 11 nitrogen and oxygen atoms in total. The van der Waals surface area contributed by atoms with Crippen LogP contribution in [0.2, 0.25) is 0 Å². The van der Waals surface area contributed by atoms with Gasteiger partial charge in [0.15, 0.2) is 17.5 Å². The molecule has 13 heteroatoms. The van der Waals surface area contributed by atoms with E-state index in [1.807, 2.05) is 39.0 Å². The maximum Gasteiger partial charge on any atom is 0.252 e. The van der Waals surface area contributed by atoms with Crippen molar-refractivity contribution in [2.45, 2.75) is 64.0 Å². The summed E-state index contributed by atoms with van der Waals surface area (Å²) >= 11 is 0. The fraction of sp³-hybridized carbons (Fsp3) is 0.407. The highest BCUT2D eigenvalue weighted by molar-refractivity contribution is 5.86. The molecule has 4 heterocycles. The van der Waals surface area contributed by atoms with Crippen LogP contribution in [-0.2, 0) is 9.53 Å². The first-order valence-corrected chi connectivity index (χ1v) is 12.9. The van der Waals surface area contributed by atoms with Crippen molar-refractivity contribution in [2.75, 3.05) is 12.4 Å². The maximum atomic E-state index is 13.4. The third kappa shape index (κ3) is 6.28. The zero-order valence-corrected chi connectivity index (χ0v) is 23.6. The lowest BCUT2D eigenvalue weighted by atomic mass is 9.77. The van der Waals surface area contributed by atoms with Crippen LogP contribution in [0.5, 0.6) is 0 Å². The molecule has 1 amide bonds. The molecule has 212 valence electrons. The Morgan fingerprint density at radius 2 is 1.95 bits per heavy atom. The van der Waals surface area contributed by atoms with Gasteiger partial charge >= 0.3 is 0 Å². The second-order valence-corrected chi connectivity index (χ2v) is 10.0. The number of nitrogens with one attached hydrogen (secondary N) is 3. The van der Waals surface area contributed by atoms with E-state index in [1.54, 1.807) is 19.4 Å². The fourth-order valence-corrected chi connectivity index (χ4v) is 4.94. The number of carbonyl (C=O) groups excluding carboxylic acids is 1. The predicted molar refractivity (Wildman–Crippen MR) is 149 cm³/mol. The van der Waals surface area contributed by atoms with E-state index in [-0.39, 0.29) is 30.3 Å². The lowest BCUT2D eigenvalue weighted by Gasteiger charge is -2.38. The van der Waals surface area contributed by atoms with Crippen molar-refractivity contribution >= 4 is 29.9 Å². The zero-order chi connectivity index (χ0) is 27.6. The van der Waals surface area contributed by atoms with Gasteiger partial charge in [-0.2, -0.15) is 10.2 Å². The molecule has 4 aromatic rings. The summed E-state index contributed by atoms with van der Waals surface area (Å²) in [6.07, 6.45) is 6.57. The average Bonchev–Trinajstić information content (AvgIpc) is 3.55. The number of amides is 1. The van der Waals surface area contributed by atoms with Crippen LogP contribution in [0.25, 0.3) is 5.82 Å². The first-order chi connectivity index (χ1) is 18.7. The van der Waals surface area contributed by atoms with Gasteiger partial charge in [0.1, 0.15) is 17.2 Å². The van der Waals surface area contributed by atoms with Gasteiger partial charge in [0, 0.05) is 42.7 Å². The monoisotopic (exact) mass is 569 g/mol. The second-order valence-electron chi connectivity index (χ2n) is 10.0. The number of aryl methyl sites for hydroxylation is 2. The molecular weight excluding hydrogens is 537 g/mol. The molecule has 0 radical (unpaired) electrons. The number of halogens is 2. The molecule has 0 aromatic carbocycles. The van der Waals surface area contributed by atoms with Crippen molar-refractivity contribution in [3.8, 4) is 5.82 Å². The number of carbonyl (C=O) groups is 1. The number of methoxy groups -OCH3 is 1. The quantitative estimate of drug-likeness (QED) is 0.280. The molecule has 0 unspecified atom stereocenters. The van der Waals surface area contributed by atoms with Crippen LogP contribution in [0.1, 0.15) is 67.3 Å². The predicted octanol–water partition coefficient (Wildman–Crippen LogP) is 4.62. The summed E-state index contributed by atoms with van der Waals surface area (Å²) < 4.78 is 20.5. The minimum atomic E-state index is -0.928. The van der Waals surface area contributed by atoms with Gasteiger partial charge in [0.2, 0.25) is 0 Å². The van der Waals surface area contributed by atoms with Crippen molar-refractivity contribution in [1.82, 2.24) is 40.2 Å². The molecule has 0 saturated heterocycles. The largest absolute Gasteiger partial charge is 0.368 e. The smallest absolute Gasteiger partial charge is 0.252 e. The first kappa shape index (κ1) is 29.1. The Bertz CT molecular complexity index is 1450. The standard InChI is InChI=1S/C27H32FN9O2.ClH/c1-16-11-22(33-23-12-17(2)35-36-23)34-25(31-16)19-7-9-27(39-4,10-8-19)26(38)32-18(3)20-5-6-24(29-13-20)37-15-21(28)14-30-37;/h5-6,11-15,18-19H,7-10H2,1-4H3,(H,32,38)(H2,31,33,34,35,36);1H/t18-,19?,27?;/m0./s1. The van der Waals surface area contributed by atoms with Gasteiger partial charge in [-0.25, -0.2) is 24.0 Å². The van der Waals surface area contributed by atoms with E-state index in [0.29, 0.717) is 30.3 Å². The van der Waals surface area contributed by atoms with Gasteiger partial charge in [-0.1, -0.05) is 6.07 Å². The highest BCUT2D eigenvalue weighted by Gasteiger charge is 2.43. The zero-order valence-electron chi connectivity index (χ0n) is 22.8. The van der Waals surface area contributed by atoms with Gasteiger partial charge in [0.25, 0.3) is 5.91 Å². The van der Waals surface area contributed by atoms with Gasteiger partial charge < -0.3 is 15.4 Å². The number of nitrogens with zero attached hydrogens (tertiary/aromatic N) is 6. The fourth-order valence-electron chi connectivity index (χ4n) is 4.94. The molecule has 1 aliphatic rings. The molecule has 0 spiro atoms. The van der Waals surface area contributed by atoms with Crippen LogP contribution in [0.15, 0.2) is 42.9 Å². The van der Waals surface area contributed by atoms with E-state index < -0.39 is 11.4 Å². The van der Waals surface area contributed by atoms with Crippen molar-refractivity contribution in [1.29, 1.82) is 0 Å². The number of pyridine rings is 1. The Labute approximate surface area is 237 Å². The summed E-state index contributed by atoms with van der Waals surface area (Å²) in [5.41, 5.74) is 1.71. The van der Waals surface area contributed by atoms with Crippen LogP contribution in [-0.4, -0.2) is 53.5 Å². The first-order valence-electron chi connectivity index (χ1n) is 12.9. The molecule has 1 fully saturated rings. The molecule has 3 N–H and O–H groups in total. The maximum absolute atomic E-state index is 13.4. The minimum Gasteiger partial charge on any atom is -0.368 e. The van der Waals surface area contributed by atoms with Crippen LogP contribution < -0.4 is 10.6 Å². The summed E-state index contributed by atoms with van der Waals surface area (Å²) in [6, 6.07) is 7.08. The van der Waals surface area contributed by atoms with Crippen molar-refractivity contribution < 1.29 is 13.9 Å². The molecule has 0 aliphatic heterocycles. The number of rotatable bonds is 8. The number of hydrogen-bond donors (Lipinski definition) is 3. The number of H-pyrrole nitrogens is 1. The summed E-state index contributed by atoms with van der Waals surface area (Å²) in [4.78, 5) is 27.2. The van der Waals surface area contributed by atoms with Gasteiger partial charge in [0.05, 0.1) is 18.4 Å². The van der Waals surface area contributed by atoms with E-state index in [1.165, 1.54) is 10.9 Å². The SMILES string of the molecule is COC1(C(=O)N[C@@H](C)c2ccc(-n3cc(F)cn3)nc2)CCC(c2nc(C)cc(Nc3cc(C)[nH]n3)n2)CC1.Cl. The van der Waals surface area contributed by atoms with Crippen LogP contribution in [0, 0.1) is 19.7 Å². The third-order valence-electron chi connectivity index (χ3n) is 7.20.